The molecule has 0 aliphatic heterocycles. The quantitative estimate of drug-likeness (QED) is 0.809. The molecule has 0 saturated heterocycles. The van der Waals surface area contributed by atoms with Gasteiger partial charge in [-0.15, -0.1) is 0 Å². The smallest absolute Gasteiger partial charge is 0.150 e. The SMILES string of the molecule is CCC1CCCC(N)(CCS(=O)(=O)CC)C1. The van der Waals surface area contributed by atoms with Crippen LogP contribution in [0.4, 0.5) is 0 Å². The van der Waals surface area contributed by atoms with Crippen molar-refractivity contribution in [1.29, 1.82) is 0 Å². The van der Waals surface area contributed by atoms with E-state index in [9.17, 15) is 8.42 Å². The second-order valence-corrected chi connectivity index (χ2v) is 7.69. The van der Waals surface area contributed by atoms with E-state index in [4.69, 9.17) is 5.73 Å². The predicted octanol–water partition coefficient (Wildman–Crippen LogP) is 2.11. The summed E-state index contributed by atoms with van der Waals surface area (Å²) in [7, 11) is -2.86. The highest BCUT2D eigenvalue weighted by Crippen LogP contribution is 2.34. The van der Waals surface area contributed by atoms with Gasteiger partial charge in [-0.05, 0) is 25.2 Å². The lowest BCUT2D eigenvalue weighted by atomic mass is 9.74. The largest absolute Gasteiger partial charge is 0.325 e. The van der Waals surface area contributed by atoms with E-state index in [1.54, 1.807) is 6.92 Å². The molecular weight excluding hydrogens is 222 g/mol. The van der Waals surface area contributed by atoms with Gasteiger partial charge in [0.15, 0.2) is 0 Å². The lowest BCUT2D eigenvalue weighted by Crippen LogP contribution is -2.45. The minimum absolute atomic E-state index is 0.221. The van der Waals surface area contributed by atoms with E-state index < -0.39 is 9.84 Å². The summed E-state index contributed by atoms with van der Waals surface area (Å²) in [5.41, 5.74) is 6.10. The van der Waals surface area contributed by atoms with Crippen LogP contribution in [0.1, 0.15) is 52.4 Å². The normalized spacial score (nSPS) is 31.6. The zero-order valence-corrected chi connectivity index (χ0v) is 11.4. The second-order valence-electron chi connectivity index (χ2n) is 5.22. The highest BCUT2D eigenvalue weighted by molar-refractivity contribution is 7.91. The predicted molar refractivity (Wildman–Crippen MR) is 68.1 cm³/mol. The Morgan fingerprint density at radius 2 is 2.06 bits per heavy atom. The standard InChI is InChI=1S/C12H25NO2S/c1-3-11-6-5-7-12(13,10-11)8-9-16(14,15)4-2/h11H,3-10,13H2,1-2H3. The fourth-order valence-electron chi connectivity index (χ4n) is 2.60. The van der Waals surface area contributed by atoms with Crippen molar-refractivity contribution in [2.45, 2.75) is 57.9 Å². The monoisotopic (exact) mass is 247 g/mol. The molecule has 0 aromatic heterocycles. The fraction of sp³-hybridized carbons (Fsp3) is 1.00. The summed E-state index contributed by atoms with van der Waals surface area (Å²) < 4.78 is 23.0. The van der Waals surface area contributed by atoms with Crippen LogP contribution in [0.3, 0.4) is 0 Å². The molecule has 2 unspecified atom stereocenters. The molecule has 1 aliphatic carbocycles. The minimum Gasteiger partial charge on any atom is -0.325 e. The Morgan fingerprint density at radius 3 is 2.62 bits per heavy atom. The maximum atomic E-state index is 11.5. The van der Waals surface area contributed by atoms with Crippen LogP contribution in [0.25, 0.3) is 0 Å². The zero-order chi connectivity index (χ0) is 12.2. The molecule has 1 fully saturated rings. The van der Waals surface area contributed by atoms with Gasteiger partial charge in [-0.2, -0.15) is 0 Å². The van der Waals surface area contributed by atoms with Gasteiger partial charge >= 0.3 is 0 Å². The van der Waals surface area contributed by atoms with Crippen LogP contribution in [0.2, 0.25) is 0 Å². The molecule has 3 nitrogen and oxygen atoms in total. The summed E-state index contributed by atoms with van der Waals surface area (Å²) in [6.07, 6.45) is 6.21. The highest BCUT2D eigenvalue weighted by Gasteiger charge is 2.32. The maximum absolute atomic E-state index is 11.5. The van der Waals surface area contributed by atoms with Crippen molar-refractivity contribution in [3.05, 3.63) is 0 Å². The van der Waals surface area contributed by atoms with Crippen molar-refractivity contribution in [3.63, 3.8) is 0 Å². The van der Waals surface area contributed by atoms with Crippen molar-refractivity contribution in [1.82, 2.24) is 0 Å². The highest BCUT2D eigenvalue weighted by atomic mass is 32.2. The van der Waals surface area contributed by atoms with Gasteiger partial charge in [-0.25, -0.2) is 8.42 Å². The van der Waals surface area contributed by atoms with E-state index in [-0.39, 0.29) is 17.0 Å². The lowest BCUT2D eigenvalue weighted by Gasteiger charge is -2.37. The Labute approximate surface area is 99.7 Å². The van der Waals surface area contributed by atoms with Gasteiger partial charge in [-0.3, -0.25) is 0 Å². The van der Waals surface area contributed by atoms with Crippen molar-refractivity contribution in [2.24, 2.45) is 11.7 Å². The van der Waals surface area contributed by atoms with Crippen LogP contribution in [-0.4, -0.2) is 25.5 Å². The Hall–Kier alpha value is -0.0900. The molecule has 0 heterocycles. The van der Waals surface area contributed by atoms with Gasteiger partial charge in [-0.1, -0.05) is 33.1 Å². The van der Waals surface area contributed by atoms with Gasteiger partial charge in [0.2, 0.25) is 0 Å². The third kappa shape index (κ3) is 4.06. The summed E-state index contributed by atoms with van der Waals surface area (Å²) in [4.78, 5) is 0. The van der Waals surface area contributed by atoms with E-state index in [0.717, 1.165) is 19.3 Å². The van der Waals surface area contributed by atoms with E-state index in [1.807, 2.05) is 0 Å². The van der Waals surface area contributed by atoms with E-state index >= 15 is 0 Å². The third-order valence-electron chi connectivity index (χ3n) is 3.91. The van der Waals surface area contributed by atoms with Crippen molar-refractivity contribution >= 4 is 9.84 Å². The summed E-state index contributed by atoms with van der Waals surface area (Å²) in [5.74, 6) is 1.19. The molecule has 2 N–H and O–H groups in total. The van der Waals surface area contributed by atoms with Crippen LogP contribution in [0.15, 0.2) is 0 Å². The first-order valence-electron chi connectivity index (χ1n) is 6.40. The van der Waals surface area contributed by atoms with Crippen LogP contribution < -0.4 is 5.73 Å². The van der Waals surface area contributed by atoms with Gasteiger partial charge in [0.25, 0.3) is 0 Å². The third-order valence-corrected chi connectivity index (χ3v) is 5.62. The topological polar surface area (TPSA) is 60.2 Å². The molecule has 1 rings (SSSR count). The van der Waals surface area contributed by atoms with Gasteiger partial charge in [0.05, 0.1) is 5.75 Å². The molecule has 4 heteroatoms. The summed E-state index contributed by atoms with van der Waals surface area (Å²) in [6.45, 7) is 3.90. The molecule has 0 spiro atoms. The lowest BCUT2D eigenvalue weighted by molar-refractivity contribution is 0.214. The number of hydrogen-bond acceptors (Lipinski definition) is 3. The molecule has 0 bridgehead atoms. The van der Waals surface area contributed by atoms with Crippen LogP contribution in [0, 0.1) is 5.92 Å². The summed E-state index contributed by atoms with van der Waals surface area (Å²) in [6, 6.07) is 0. The van der Waals surface area contributed by atoms with Gasteiger partial charge in [0, 0.05) is 11.3 Å². The number of hydrogen-bond donors (Lipinski definition) is 1. The first kappa shape index (κ1) is 14.0. The van der Waals surface area contributed by atoms with Crippen molar-refractivity contribution in [3.8, 4) is 0 Å². The van der Waals surface area contributed by atoms with Gasteiger partial charge < -0.3 is 5.73 Å². The summed E-state index contributed by atoms with van der Waals surface area (Å²) in [5, 5.41) is 0. The fourth-order valence-corrected chi connectivity index (χ4v) is 3.61. The molecule has 0 aromatic carbocycles. The minimum atomic E-state index is -2.86. The Balaban J connectivity index is 2.51. The molecule has 0 amide bonds. The Morgan fingerprint density at radius 1 is 1.38 bits per heavy atom. The van der Waals surface area contributed by atoms with Crippen LogP contribution in [-0.2, 0) is 9.84 Å². The van der Waals surface area contributed by atoms with Crippen LogP contribution in [0.5, 0.6) is 0 Å². The number of sulfone groups is 1. The Bertz CT molecular complexity index is 313. The molecule has 1 aliphatic rings. The molecule has 2 atom stereocenters. The first-order chi connectivity index (χ1) is 7.41. The average molecular weight is 247 g/mol. The van der Waals surface area contributed by atoms with Crippen LogP contribution >= 0.6 is 0 Å². The van der Waals surface area contributed by atoms with E-state index in [0.29, 0.717) is 12.3 Å². The molecule has 0 aromatic rings. The summed E-state index contributed by atoms with van der Waals surface area (Å²) >= 11 is 0. The first-order valence-corrected chi connectivity index (χ1v) is 8.22. The van der Waals surface area contributed by atoms with Crippen molar-refractivity contribution in [2.75, 3.05) is 11.5 Å². The zero-order valence-electron chi connectivity index (χ0n) is 10.5. The van der Waals surface area contributed by atoms with E-state index in [2.05, 4.69) is 6.92 Å². The number of nitrogens with two attached hydrogens (primary N) is 1. The molecule has 16 heavy (non-hydrogen) atoms. The molecular formula is C12H25NO2S. The molecule has 96 valence electrons. The molecule has 1 saturated carbocycles. The van der Waals surface area contributed by atoms with Crippen molar-refractivity contribution < 1.29 is 8.42 Å². The van der Waals surface area contributed by atoms with Gasteiger partial charge in [0.1, 0.15) is 9.84 Å². The Kier molecular flexibility index (Phi) is 4.80. The van der Waals surface area contributed by atoms with E-state index in [1.165, 1.54) is 12.8 Å². The average Bonchev–Trinajstić information content (AvgIpc) is 2.27. The number of rotatable bonds is 5. The maximum Gasteiger partial charge on any atom is 0.150 e. The second kappa shape index (κ2) is 5.50. The molecule has 0 radical (unpaired) electrons.